The molecule has 0 amide bonds. The molecule has 0 bridgehead atoms. The second-order valence-corrected chi connectivity index (χ2v) is 10.5. The van der Waals surface area contributed by atoms with Gasteiger partial charge in [-0.25, -0.2) is 0 Å². The maximum atomic E-state index is 12.1. The minimum absolute atomic E-state index is 0.147. The van der Waals surface area contributed by atoms with E-state index in [1.807, 2.05) is 0 Å². The third-order valence-electron chi connectivity index (χ3n) is 6.86. The molecule has 0 fully saturated rings. The van der Waals surface area contributed by atoms with Crippen molar-refractivity contribution in [2.75, 3.05) is 0 Å². The number of rotatable bonds is 26. The van der Waals surface area contributed by atoms with Gasteiger partial charge in [-0.05, 0) is 32.6 Å². The summed E-state index contributed by atoms with van der Waals surface area (Å²) in [6, 6.07) is 0. The van der Waals surface area contributed by atoms with Crippen molar-refractivity contribution in [2.24, 2.45) is 0 Å². The summed E-state index contributed by atoms with van der Waals surface area (Å²) in [6.45, 7) is 4.04. The van der Waals surface area contributed by atoms with Gasteiger partial charge < -0.3 is 10.2 Å². The average Bonchev–Trinajstić information content (AvgIpc) is 2.77. The Hall–Kier alpha value is -0.900. The minimum atomic E-state index is -0.859. The van der Waals surface area contributed by atoms with Crippen LogP contribution in [-0.4, -0.2) is 27.6 Å². The van der Waals surface area contributed by atoms with Gasteiger partial charge in [0.1, 0.15) is 5.78 Å². The van der Waals surface area contributed by atoms with Crippen molar-refractivity contribution in [3.63, 3.8) is 0 Å². The van der Waals surface area contributed by atoms with Crippen LogP contribution in [0.3, 0.4) is 0 Å². The molecule has 0 aliphatic rings. The molecule has 1 unspecified atom stereocenters. The Morgan fingerprint density at radius 2 is 0.939 bits per heavy atom. The molecular weight excluding hydrogens is 412 g/mol. The van der Waals surface area contributed by atoms with Gasteiger partial charge in [0.05, 0.1) is 5.60 Å². The lowest BCUT2D eigenvalue weighted by atomic mass is 9.91. The molecule has 196 valence electrons. The molecule has 0 rings (SSSR count). The van der Waals surface area contributed by atoms with Crippen LogP contribution in [0.25, 0.3) is 0 Å². The van der Waals surface area contributed by atoms with Gasteiger partial charge in [0.2, 0.25) is 0 Å². The number of unbranched alkanes of at least 4 members (excludes halogenated alkanes) is 17. The van der Waals surface area contributed by atoms with Gasteiger partial charge in [-0.2, -0.15) is 0 Å². The van der Waals surface area contributed by atoms with Crippen LogP contribution in [0.1, 0.15) is 168 Å². The summed E-state index contributed by atoms with van der Waals surface area (Å²) in [5.74, 6) is -0.541. The number of carboxylic acid groups (broad SMARTS) is 1. The summed E-state index contributed by atoms with van der Waals surface area (Å²) in [5.41, 5.74) is -0.859. The number of ketones is 1. The fourth-order valence-corrected chi connectivity index (χ4v) is 4.49. The maximum Gasteiger partial charge on any atom is 0.303 e. The molecule has 0 heterocycles. The third-order valence-corrected chi connectivity index (χ3v) is 6.86. The first-order valence-electron chi connectivity index (χ1n) is 14.3. The number of Topliss-reactive ketones (excluding diaryl/α,β-unsaturated/α-hetero) is 1. The summed E-state index contributed by atoms with van der Waals surface area (Å²) < 4.78 is 0. The Bertz CT molecular complexity index is 459. The molecule has 0 radical (unpaired) electrons. The second kappa shape index (κ2) is 22.9. The van der Waals surface area contributed by atoms with Gasteiger partial charge in [-0.1, -0.05) is 116 Å². The van der Waals surface area contributed by atoms with Crippen LogP contribution in [0, 0.1) is 0 Å². The zero-order valence-corrected chi connectivity index (χ0v) is 22.2. The first-order valence-corrected chi connectivity index (χ1v) is 14.3. The number of carbonyl (C=O) groups excluding carboxylic acids is 1. The average molecular weight is 469 g/mol. The topological polar surface area (TPSA) is 74.6 Å². The lowest BCUT2D eigenvalue weighted by molar-refractivity contribution is -0.137. The van der Waals surface area contributed by atoms with Crippen LogP contribution >= 0.6 is 0 Å². The molecule has 0 spiro atoms. The SMILES string of the molecule is CCCCCCCCCCCCCCCCCCCC(=O)CCC(C)(O)CCCCC(=O)O. The lowest BCUT2D eigenvalue weighted by Gasteiger charge is -2.22. The molecule has 2 N–H and O–H groups in total. The van der Waals surface area contributed by atoms with E-state index in [4.69, 9.17) is 5.11 Å². The van der Waals surface area contributed by atoms with E-state index in [1.165, 1.54) is 96.3 Å². The molecule has 33 heavy (non-hydrogen) atoms. The molecule has 4 nitrogen and oxygen atoms in total. The highest BCUT2D eigenvalue weighted by molar-refractivity contribution is 5.78. The monoisotopic (exact) mass is 468 g/mol. The van der Waals surface area contributed by atoms with E-state index in [2.05, 4.69) is 6.92 Å². The highest BCUT2D eigenvalue weighted by Gasteiger charge is 2.21. The van der Waals surface area contributed by atoms with E-state index < -0.39 is 11.6 Å². The number of aliphatic hydroxyl groups is 1. The number of hydrogen-bond acceptors (Lipinski definition) is 3. The first-order chi connectivity index (χ1) is 15.9. The second-order valence-electron chi connectivity index (χ2n) is 10.5. The standard InChI is InChI=1S/C29H56O4/c1-3-4-5-6-7-8-9-10-11-12-13-14-15-16-17-18-19-22-27(30)24-26-29(2,33)25-21-20-23-28(31)32/h33H,3-26H2,1-2H3,(H,31,32). The molecule has 0 aliphatic carbocycles. The van der Waals surface area contributed by atoms with E-state index in [-0.39, 0.29) is 12.2 Å². The maximum absolute atomic E-state index is 12.1. The Balaban J connectivity index is 3.36. The van der Waals surface area contributed by atoms with Crippen LogP contribution in [0.4, 0.5) is 0 Å². The van der Waals surface area contributed by atoms with Crippen LogP contribution in [0.5, 0.6) is 0 Å². The van der Waals surface area contributed by atoms with Crippen LogP contribution in [-0.2, 0) is 9.59 Å². The largest absolute Gasteiger partial charge is 0.481 e. The molecule has 0 aliphatic heterocycles. The predicted octanol–water partition coefficient (Wildman–Crippen LogP) is 8.77. The highest BCUT2D eigenvalue weighted by atomic mass is 16.4. The predicted molar refractivity (Wildman–Crippen MR) is 140 cm³/mol. The van der Waals surface area contributed by atoms with E-state index in [0.29, 0.717) is 38.5 Å². The van der Waals surface area contributed by atoms with E-state index in [0.717, 1.165) is 12.8 Å². The number of hydrogen-bond donors (Lipinski definition) is 2. The molecule has 0 saturated heterocycles. The Morgan fingerprint density at radius 1 is 0.545 bits per heavy atom. The first kappa shape index (κ1) is 32.1. The third kappa shape index (κ3) is 25.6. The van der Waals surface area contributed by atoms with Crippen molar-refractivity contribution >= 4 is 11.8 Å². The van der Waals surface area contributed by atoms with Crippen molar-refractivity contribution in [1.82, 2.24) is 0 Å². The fraction of sp³-hybridized carbons (Fsp3) is 0.931. The summed E-state index contributed by atoms with van der Waals surface area (Å²) in [5, 5.41) is 19.0. The molecule has 0 aromatic heterocycles. The van der Waals surface area contributed by atoms with Gasteiger partial charge in [0.15, 0.2) is 0 Å². The number of carbonyl (C=O) groups is 2. The van der Waals surface area contributed by atoms with Crippen LogP contribution in [0.15, 0.2) is 0 Å². The van der Waals surface area contributed by atoms with Crippen molar-refractivity contribution in [1.29, 1.82) is 0 Å². The molecule has 1 atom stereocenters. The Labute approximate surface area is 205 Å². The zero-order chi connectivity index (χ0) is 24.6. The quantitative estimate of drug-likeness (QED) is 0.124. The van der Waals surface area contributed by atoms with Crippen molar-refractivity contribution in [3.8, 4) is 0 Å². The summed E-state index contributed by atoms with van der Waals surface area (Å²) >= 11 is 0. The summed E-state index contributed by atoms with van der Waals surface area (Å²) in [4.78, 5) is 22.6. The molecule has 0 aromatic rings. The smallest absolute Gasteiger partial charge is 0.303 e. The minimum Gasteiger partial charge on any atom is -0.481 e. The fourth-order valence-electron chi connectivity index (χ4n) is 4.49. The van der Waals surface area contributed by atoms with Gasteiger partial charge in [0.25, 0.3) is 0 Å². The Kier molecular flexibility index (Phi) is 22.2. The van der Waals surface area contributed by atoms with Crippen LogP contribution in [0.2, 0.25) is 0 Å². The van der Waals surface area contributed by atoms with Crippen LogP contribution < -0.4 is 0 Å². The van der Waals surface area contributed by atoms with Crippen molar-refractivity contribution in [2.45, 2.75) is 174 Å². The summed E-state index contributed by atoms with van der Waals surface area (Å²) in [6.07, 6.45) is 26.3. The highest BCUT2D eigenvalue weighted by Crippen LogP contribution is 2.21. The molecule has 0 saturated carbocycles. The van der Waals surface area contributed by atoms with E-state index in [1.54, 1.807) is 6.92 Å². The molecule has 4 heteroatoms. The number of carboxylic acids is 1. The molecular formula is C29H56O4. The van der Waals surface area contributed by atoms with E-state index in [9.17, 15) is 14.7 Å². The normalized spacial score (nSPS) is 13.2. The van der Waals surface area contributed by atoms with Crippen molar-refractivity contribution < 1.29 is 19.8 Å². The number of aliphatic carboxylic acids is 1. The van der Waals surface area contributed by atoms with E-state index >= 15 is 0 Å². The van der Waals surface area contributed by atoms with Crippen molar-refractivity contribution in [3.05, 3.63) is 0 Å². The zero-order valence-electron chi connectivity index (χ0n) is 22.2. The van der Waals surface area contributed by atoms with Gasteiger partial charge in [-0.15, -0.1) is 0 Å². The Morgan fingerprint density at radius 3 is 1.36 bits per heavy atom. The summed E-state index contributed by atoms with van der Waals surface area (Å²) in [7, 11) is 0. The molecule has 0 aromatic carbocycles. The lowest BCUT2D eigenvalue weighted by Crippen LogP contribution is -2.25. The van der Waals surface area contributed by atoms with Gasteiger partial charge in [-0.3, -0.25) is 9.59 Å². The van der Waals surface area contributed by atoms with Gasteiger partial charge >= 0.3 is 5.97 Å². The van der Waals surface area contributed by atoms with Gasteiger partial charge in [0, 0.05) is 19.3 Å².